The number of benzene rings is 4. The first kappa shape index (κ1) is 21.7. The summed E-state index contributed by atoms with van der Waals surface area (Å²) < 4.78 is 11.8. The highest BCUT2D eigenvalue weighted by molar-refractivity contribution is 5.34. The molecule has 3 heteroatoms. The minimum Gasteiger partial charge on any atom is -0.489 e. The third-order valence-corrected chi connectivity index (χ3v) is 5.71. The Kier molecular flexibility index (Phi) is 7.21. The molecule has 2 atom stereocenters. The Morgan fingerprint density at radius 2 is 0.969 bits per heavy atom. The maximum atomic E-state index is 6.59. The second-order valence-electron chi connectivity index (χ2n) is 8.00. The van der Waals surface area contributed by atoms with E-state index in [0.29, 0.717) is 13.2 Å². The maximum Gasteiger partial charge on any atom is 0.119 e. The maximum absolute atomic E-state index is 6.59. The van der Waals surface area contributed by atoms with Gasteiger partial charge in [0.1, 0.15) is 24.7 Å². The Hall–Kier alpha value is -3.56. The van der Waals surface area contributed by atoms with Gasteiger partial charge in [-0.15, -0.1) is 0 Å². The van der Waals surface area contributed by atoms with Crippen LogP contribution >= 0.6 is 0 Å². The van der Waals surface area contributed by atoms with Gasteiger partial charge in [-0.3, -0.25) is 0 Å². The highest BCUT2D eigenvalue weighted by atomic mass is 16.5. The van der Waals surface area contributed by atoms with Crippen LogP contribution in [-0.4, -0.2) is 0 Å². The molecule has 4 aromatic carbocycles. The van der Waals surface area contributed by atoms with Crippen molar-refractivity contribution in [3.8, 4) is 11.5 Å². The molecule has 0 aliphatic heterocycles. The molecule has 32 heavy (non-hydrogen) atoms. The molecule has 0 aliphatic carbocycles. The molecule has 0 aliphatic rings. The summed E-state index contributed by atoms with van der Waals surface area (Å²) in [5.41, 5.74) is 11.2. The molecule has 2 N–H and O–H groups in total. The Bertz CT molecular complexity index is 987. The summed E-state index contributed by atoms with van der Waals surface area (Å²) in [5, 5.41) is 0. The van der Waals surface area contributed by atoms with Crippen molar-refractivity contribution in [2.24, 2.45) is 5.73 Å². The van der Waals surface area contributed by atoms with Gasteiger partial charge < -0.3 is 15.2 Å². The molecule has 162 valence electrons. The van der Waals surface area contributed by atoms with Gasteiger partial charge in [0.15, 0.2) is 0 Å². The molecule has 0 spiro atoms. The van der Waals surface area contributed by atoms with Crippen molar-refractivity contribution in [1.82, 2.24) is 0 Å². The van der Waals surface area contributed by atoms with Gasteiger partial charge in [-0.1, -0.05) is 91.9 Å². The first-order valence-corrected chi connectivity index (χ1v) is 11.0. The molecular weight excluding hydrogens is 394 g/mol. The van der Waals surface area contributed by atoms with Crippen LogP contribution in [0.1, 0.15) is 41.1 Å². The summed E-state index contributed by atoms with van der Waals surface area (Å²) in [6, 6.07) is 36.6. The van der Waals surface area contributed by atoms with Gasteiger partial charge in [-0.25, -0.2) is 0 Å². The van der Waals surface area contributed by atoms with Gasteiger partial charge in [0.2, 0.25) is 0 Å². The SMILES string of the molecule is CC(c1ccc(OCc2ccccc2)cc1)C(N)c1ccc(OCc2ccccc2)cc1. The Morgan fingerprint density at radius 3 is 1.41 bits per heavy atom. The molecule has 0 amide bonds. The molecule has 4 aromatic rings. The van der Waals surface area contributed by atoms with Crippen LogP contribution in [0, 0.1) is 0 Å². The van der Waals surface area contributed by atoms with Gasteiger partial charge in [0.25, 0.3) is 0 Å². The summed E-state index contributed by atoms with van der Waals surface area (Å²) >= 11 is 0. The van der Waals surface area contributed by atoms with Crippen LogP contribution in [0.2, 0.25) is 0 Å². The molecule has 0 bridgehead atoms. The highest BCUT2D eigenvalue weighted by Crippen LogP contribution is 2.30. The lowest BCUT2D eigenvalue weighted by atomic mass is 9.89. The van der Waals surface area contributed by atoms with Crippen LogP contribution in [0.4, 0.5) is 0 Å². The number of nitrogens with two attached hydrogens (primary N) is 1. The fraction of sp³-hybridized carbons (Fsp3) is 0.172. The van der Waals surface area contributed by atoms with Crippen LogP contribution < -0.4 is 15.2 Å². The minimum absolute atomic E-state index is 0.103. The van der Waals surface area contributed by atoms with E-state index in [0.717, 1.165) is 28.2 Å². The lowest BCUT2D eigenvalue weighted by Crippen LogP contribution is -2.17. The summed E-state index contributed by atoms with van der Waals surface area (Å²) in [4.78, 5) is 0. The molecule has 0 radical (unpaired) electrons. The van der Waals surface area contributed by atoms with Crippen molar-refractivity contribution < 1.29 is 9.47 Å². The smallest absolute Gasteiger partial charge is 0.119 e. The monoisotopic (exact) mass is 423 g/mol. The van der Waals surface area contributed by atoms with E-state index in [2.05, 4.69) is 55.5 Å². The molecule has 0 fully saturated rings. The number of hydrogen-bond donors (Lipinski definition) is 1. The van der Waals surface area contributed by atoms with Crippen molar-refractivity contribution in [2.45, 2.75) is 32.1 Å². The van der Waals surface area contributed by atoms with E-state index in [1.54, 1.807) is 0 Å². The third kappa shape index (κ3) is 5.77. The predicted molar refractivity (Wildman–Crippen MR) is 130 cm³/mol. The molecule has 4 rings (SSSR count). The predicted octanol–water partition coefficient (Wildman–Crippen LogP) is 6.65. The average Bonchev–Trinajstić information content (AvgIpc) is 2.87. The molecule has 2 unspecified atom stereocenters. The standard InChI is InChI=1S/C29H29NO2/c1-22(25-12-16-27(17-13-25)31-20-23-8-4-2-5-9-23)29(30)26-14-18-28(19-15-26)32-21-24-10-6-3-7-11-24/h2-19,22,29H,20-21,30H2,1H3. The van der Waals surface area contributed by atoms with Crippen LogP contribution in [-0.2, 0) is 13.2 Å². The van der Waals surface area contributed by atoms with E-state index in [-0.39, 0.29) is 12.0 Å². The number of rotatable bonds is 9. The van der Waals surface area contributed by atoms with E-state index in [1.165, 1.54) is 5.56 Å². The zero-order valence-electron chi connectivity index (χ0n) is 18.4. The first-order chi connectivity index (χ1) is 15.7. The molecule has 3 nitrogen and oxygen atoms in total. The summed E-state index contributed by atoms with van der Waals surface area (Å²) in [5.74, 6) is 1.88. The lowest BCUT2D eigenvalue weighted by molar-refractivity contribution is 0.306. The van der Waals surface area contributed by atoms with E-state index < -0.39 is 0 Å². The molecule has 0 saturated carbocycles. The Morgan fingerprint density at radius 1 is 0.562 bits per heavy atom. The number of hydrogen-bond acceptors (Lipinski definition) is 3. The van der Waals surface area contributed by atoms with Gasteiger partial charge in [-0.05, 0) is 46.5 Å². The lowest BCUT2D eigenvalue weighted by Gasteiger charge is -2.21. The quantitative estimate of drug-likeness (QED) is 0.328. The summed E-state index contributed by atoms with van der Waals surface area (Å²) in [6.45, 7) is 3.28. The van der Waals surface area contributed by atoms with E-state index in [9.17, 15) is 0 Å². The van der Waals surface area contributed by atoms with E-state index in [4.69, 9.17) is 15.2 Å². The van der Waals surface area contributed by atoms with Crippen LogP contribution in [0.25, 0.3) is 0 Å². The van der Waals surface area contributed by atoms with Crippen molar-refractivity contribution in [2.75, 3.05) is 0 Å². The largest absolute Gasteiger partial charge is 0.489 e. The zero-order valence-corrected chi connectivity index (χ0v) is 18.4. The second kappa shape index (κ2) is 10.7. The van der Waals surface area contributed by atoms with Crippen molar-refractivity contribution in [3.05, 3.63) is 131 Å². The topological polar surface area (TPSA) is 44.5 Å². The zero-order chi connectivity index (χ0) is 22.2. The summed E-state index contributed by atoms with van der Waals surface area (Å²) in [7, 11) is 0. The van der Waals surface area contributed by atoms with E-state index >= 15 is 0 Å². The van der Waals surface area contributed by atoms with Gasteiger partial charge >= 0.3 is 0 Å². The minimum atomic E-state index is -0.103. The van der Waals surface area contributed by atoms with Crippen molar-refractivity contribution >= 4 is 0 Å². The highest BCUT2D eigenvalue weighted by Gasteiger charge is 2.17. The van der Waals surface area contributed by atoms with Crippen LogP contribution in [0.5, 0.6) is 11.5 Å². The summed E-state index contributed by atoms with van der Waals surface area (Å²) in [6.07, 6.45) is 0. The number of ether oxygens (including phenoxy) is 2. The Labute approximate surface area is 190 Å². The average molecular weight is 424 g/mol. The van der Waals surface area contributed by atoms with E-state index in [1.807, 2.05) is 60.7 Å². The van der Waals surface area contributed by atoms with Crippen LogP contribution in [0.3, 0.4) is 0 Å². The first-order valence-electron chi connectivity index (χ1n) is 11.0. The van der Waals surface area contributed by atoms with Gasteiger partial charge in [0.05, 0.1) is 0 Å². The molecular formula is C29H29NO2. The molecule has 0 heterocycles. The molecule has 0 aromatic heterocycles. The molecule has 0 saturated heterocycles. The fourth-order valence-electron chi connectivity index (χ4n) is 3.63. The normalized spacial score (nSPS) is 12.7. The van der Waals surface area contributed by atoms with Gasteiger partial charge in [-0.2, -0.15) is 0 Å². The third-order valence-electron chi connectivity index (χ3n) is 5.71. The van der Waals surface area contributed by atoms with Crippen molar-refractivity contribution in [1.29, 1.82) is 0 Å². The van der Waals surface area contributed by atoms with Gasteiger partial charge in [0, 0.05) is 12.0 Å². The van der Waals surface area contributed by atoms with Crippen molar-refractivity contribution in [3.63, 3.8) is 0 Å². The van der Waals surface area contributed by atoms with Crippen LogP contribution in [0.15, 0.2) is 109 Å². The second-order valence-corrected chi connectivity index (χ2v) is 8.00. The Balaban J connectivity index is 1.32. The fourth-order valence-corrected chi connectivity index (χ4v) is 3.63.